The van der Waals surface area contributed by atoms with Gasteiger partial charge >= 0.3 is 0 Å². The number of rotatable bonds is 6. The van der Waals surface area contributed by atoms with Gasteiger partial charge in [0.15, 0.2) is 0 Å². The van der Waals surface area contributed by atoms with Crippen molar-refractivity contribution in [2.24, 2.45) is 5.73 Å². The molecule has 0 saturated carbocycles. The summed E-state index contributed by atoms with van der Waals surface area (Å²) in [5.41, 5.74) is 6.26. The minimum absolute atomic E-state index is 0.123. The summed E-state index contributed by atoms with van der Waals surface area (Å²) in [6.45, 7) is 4.04. The van der Waals surface area contributed by atoms with Crippen LogP contribution in [0.25, 0.3) is 0 Å². The first kappa shape index (κ1) is 14.7. The predicted molar refractivity (Wildman–Crippen MR) is 70.9 cm³/mol. The Kier molecular flexibility index (Phi) is 4.89. The van der Waals surface area contributed by atoms with Crippen LogP contribution in [0, 0.1) is 0 Å². The van der Waals surface area contributed by atoms with Crippen LogP contribution in [0.2, 0.25) is 0 Å². The summed E-state index contributed by atoms with van der Waals surface area (Å²) >= 11 is 0. The highest BCUT2D eigenvalue weighted by Gasteiger charge is 2.24. The third kappa shape index (κ3) is 2.90. The summed E-state index contributed by atoms with van der Waals surface area (Å²) in [4.78, 5) is 0.123. The molecule has 0 atom stereocenters. The molecule has 0 spiro atoms. The molecule has 1 aromatic rings. The number of sulfonamides is 1. The topological polar surface area (TPSA) is 72.6 Å². The van der Waals surface area contributed by atoms with E-state index in [2.05, 4.69) is 6.58 Å². The molecule has 0 amide bonds. The van der Waals surface area contributed by atoms with Gasteiger partial charge in [0, 0.05) is 20.1 Å². The average molecular weight is 270 g/mol. The first-order valence-corrected chi connectivity index (χ1v) is 6.85. The molecule has 0 heterocycles. The summed E-state index contributed by atoms with van der Waals surface area (Å²) in [7, 11) is -0.669. The van der Waals surface area contributed by atoms with Crippen molar-refractivity contribution in [1.82, 2.24) is 4.31 Å². The van der Waals surface area contributed by atoms with Gasteiger partial charge in [0.05, 0.1) is 7.11 Å². The van der Waals surface area contributed by atoms with E-state index in [4.69, 9.17) is 10.5 Å². The number of hydrogen-bond acceptors (Lipinski definition) is 4. The normalized spacial score (nSPS) is 11.6. The van der Waals surface area contributed by atoms with Crippen molar-refractivity contribution in [1.29, 1.82) is 0 Å². The molecule has 0 aliphatic rings. The van der Waals surface area contributed by atoms with E-state index < -0.39 is 10.0 Å². The second kappa shape index (κ2) is 5.99. The fraction of sp³-hybridized carbons (Fsp3) is 0.333. The maximum absolute atomic E-state index is 12.3. The Balaban J connectivity index is 3.33. The van der Waals surface area contributed by atoms with Gasteiger partial charge in [0.1, 0.15) is 10.6 Å². The van der Waals surface area contributed by atoms with Crippen LogP contribution in [-0.2, 0) is 16.6 Å². The van der Waals surface area contributed by atoms with Crippen LogP contribution >= 0.6 is 0 Å². The van der Waals surface area contributed by atoms with E-state index in [0.29, 0.717) is 5.75 Å². The molecular weight excluding hydrogens is 252 g/mol. The highest BCUT2D eigenvalue weighted by Crippen LogP contribution is 2.27. The van der Waals surface area contributed by atoms with Gasteiger partial charge in [-0.1, -0.05) is 12.1 Å². The Morgan fingerprint density at radius 1 is 1.50 bits per heavy atom. The van der Waals surface area contributed by atoms with Crippen molar-refractivity contribution in [3.05, 3.63) is 36.4 Å². The molecule has 0 fully saturated rings. The molecule has 6 heteroatoms. The molecule has 5 nitrogen and oxygen atoms in total. The van der Waals surface area contributed by atoms with E-state index in [-0.39, 0.29) is 18.0 Å². The molecular formula is C12H18N2O3S. The molecule has 100 valence electrons. The Bertz CT molecular complexity index is 526. The Morgan fingerprint density at radius 2 is 2.17 bits per heavy atom. The summed E-state index contributed by atoms with van der Waals surface area (Å²) < 4.78 is 30.9. The lowest BCUT2D eigenvalue weighted by Gasteiger charge is -2.17. The Labute approximate surface area is 108 Å². The highest BCUT2D eigenvalue weighted by molar-refractivity contribution is 7.89. The quantitative estimate of drug-likeness (QED) is 0.781. The number of benzene rings is 1. The number of likely N-dealkylation sites (N-methyl/N-ethyl adjacent to an activating group) is 1. The van der Waals surface area contributed by atoms with E-state index in [1.165, 1.54) is 30.6 Å². The zero-order valence-electron chi connectivity index (χ0n) is 10.6. The summed E-state index contributed by atoms with van der Waals surface area (Å²) in [6, 6.07) is 4.88. The van der Waals surface area contributed by atoms with Crippen LogP contribution in [0.3, 0.4) is 0 Å². The molecule has 0 radical (unpaired) electrons. The van der Waals surface area contributed by atoms with Crippen molar-refractivity contribution in [3.63, 3.8) is 0 Å². The second-order valence-corrected chi connectivity index (χ2v) is 5.78. The standard InChI is InChI=1S/C12H18N2O3S/c1-4-7-14(2)18(15,16)12-8-10(9-13)5-6-11(12)17-3/h4-6,8H,1,7,9,13H2,2-3H3. The van der Waals surface area contributed by atoms with E-state index in [1.807, 2.05) is 0 Å². The number of methoxy groups -OCH3 is 1. The van der Waals surface area contributed by atoms with Crippen LogP contribution in [0.5, 0.6) is 5.75 Å². The Hall–Kier alpha value is -1.37. The minimum Gasteiger partial charge on any atom is -0.495 e. The fourth-order valence-electron chi connectivity index (χ4n) is 1.50. The molecule has 0 aliphatic carbocycles. The van der Waals surface area contributed by atoms with Crippen LogP contribution in [0.4, 0.5) is 0 Å². The van der Waals surface area contributed by atoms with E-state index in [1.54, 1.807) is 12.1 Å². The van der Waals surface area contributed by atoms with E-state index in [0.717, 1.165) is 5.56 Å². The molecule has 0 aliphatic heterocycles. The summed E-state index contributed by atoms with van der Waals surface area (Å²) in [6.07, 6.45) is 1.52. The van der Waals surface area contributed by atoms with Crippen LogP contribution < -0.4 is 10.5 Å². The summed E-state index contributed by atoms with van der Waals surface area (Å²) in [5.74, 6) is 0.308. The molecule has 0 aromatic heterocycles. The maximum atomic E-state index is 12.3. The van der Waals surface area contributed by atoms with Crippen LogP contribution in [0.15, 0.2) is 35.7 Å². The molecule has 0 unspecified atom stereocenters. The number of hydrogen-bond donors (Lipinski definition) is 1. The van der Waals surface area contributed by atoms with Crippen LogP contribution in [-0.4, -0.2) is 33.4 Å². The third-order valence-corrected chi connectivity index (χ3v) is 4.38. The highest BCUT2D eigenvalue weighted by atomic mass is 32.2. The lowest BCUT2D eigenvalue weighted by molar-refractivity contribution is 0.399. The van der Waals surface area contributed by atoms with Crippen molar-refractivity contribution in [2.45, 2.75) is 11.4 Å². The number of nitrogens with two attached hydrogens (primary N) is 1. The van der Waals surface area contributed by atoms with Crippen LogP contribution in [0.1, 0.15) is 5.56 Å². The largest absolute Gasteiger partial charge is 0.495 e. The first-order valence-electron chi connectivity index (χ1n) is 5.41. The van der Waals surface area contributed by atoms with Crippen molar-refractivity contribution < 1.29 is 13.2 Å². The zero-order chi connectivity index (χ0) is 13.8. The maximum Gasteiger partial charge on any atom is 0.246 e. The molecule has 0 saturated heterocycles. The second-order valence-electron chi connectivity index (χ2n) is 3.76. The van der Waals surface area contributed by atoms with Gasteiger partial charge in [-0.2, -0.15) is 4.31 Å². The number of ether oxygens (including phenoxy) is 1. The van der Waals surface area contributed by atoms with Crippen molar-refractivity contribution >= 4 is 10.0 Å². The van der Waals surface area contributed by atoms with E-state index >= 15 is 0 Å². The summed E-state index contributed by atoms with van der Waals surface area (Å²) in [5, 5.41) is 0. The van der Waals surface area contributed by atoms with Gasteiger partial charge in [0.2, 0.25) is 10.0 Å². The monoisotopic (exact) mass is 270 g/mol. The predicted octanol–water partition coefficient (Wildman–Crippen LogP) is 0.960. The lowest BCUT2D eigenvalue weighted by Crippen LogP contribution is -2.27. The van der Waals surface area contributed by atoms with Gasteiger partial charge < -0.3 is 10.5 Å². The average Bonchev–Trinajstić information content (AvgIpc) is 2.38. The van der Waals surface area contributed by atoms with Crippen molar-refractivity contribution in [2.75, 3.05) is 20.7 Å². The smallest absolute Gasteiger partial charge is 0.246 e. The zero-order valence-corrected chi connectivity index (χ0v) is 11.4. The van der Waals surface area contributed by atoms with Gasteiger partial charge in [-0.25, -0.2) is 8.42 Å². The SMILES string of the molecule is C=CCN(C)S(=O)(=O)c1cc(CN)ccc1OC. The molecule has 1 aromatic carbocycles. The first-order chi connectivity index (χ1) is 8.47. The third-order valence-electron chi connectivity index (χ3n) is 2.54. The molecule has 1 rings (SSSR count). The minimum atomic E-state index is -3.59. The molecule has 2 N–H and O–H groups in total. The Morgan fingerprint density at radius 3 is 2.67 bits per heavy atom. The fourth-order valence-corrected chi connectivity index (χ4v) is 2.84. The number of nitrogens with zero attached hydrogens (tertiary/aromatic N) is 1. The van der Waals surface area contributed by atoms with Gasteiger partial charge in [-0.05, 0) is 17.7 Å². The van der Waals surface area contributed by atoms with E-state index in [9.17, 15) is 8.42 Å². The van der Waals surface area contributed by atoms with Gasteiger partial charge in [-0.3, -0.25) is 0 Å². The lowest BCUT2D eigenvalue weighted by atomic mass is 10.2. The van der Waals surface area contributed by atoms with Gasteiger partial charge in [-0.15, -0.1) is 6.58 Å². The molecule has 18 heavy (non-hydrogen) atoms. The van der Waals surface area contributed by atoms with Gasteiger partial charge in [0.25, 0.3) is 0 Å². The molecule has 0 bridgehead atoms. The van der Waals surface area contributed by atoms with Crippen molar-refractivity contribution in [3.8, 4) is 5.75 Å².